The Balaban J connectivity index is 0.917. The number of nitrogens with zero attached hydrogens (tertiary/aromatic N) is 1. The van der Waals surface area contributed by atoms with Crippen LogP contribution in [-0.2, 0) is 20.8 Å². The van der Waals surface area contributed by atoms with Gasteiger partial charge in [-0.15, -0.1) is 0 Å². The predicted molar refractivity (Wildman–Crippen MR) is 175 cm³/mol. The molecule has 46 heavy (non-hydrogen) atoms. The SMILES string of the molecule is CC1(C)OCc2cc(C3CN(CCCCCCOCCC#Cc4cccc(NC(=O)Nc5cccc(O)c5)c4)C(=O)O3)ccc2O1. The fourth-order valence-corrected chi connectivity index (χ4v) is 5.22. The highest BCUT2D eigenvalue weighted by molar-refractivity contribution is 5.99. The van der Waals surface area contributed by atoms with Crippen LogP contribution in [0.15, 0.2) is 66.7 Å². The van der Waals surface area contributed by atoms with Crippen LogP contribution < -0.4 is 15.4 Å². The lowest BCUT2D eigenvalue weighted by molar-refractivity contribution is -0.180. The van der Waals surface area contributed by atoms with Crippen molar-refractivity contribution in [1.82, 2.24) is 4.90 Å². The summed E-state index contributed by atoms with van der Waals surface area (Å²) >= 11 is 0. The summed E-state index contributed by atoms with van der Waals surface area (Å²) in [5, 5.41) is 15.0. The van der Waals surface area contributed by atoms with E-state index in [4.69, 9.17) is 18.9 Å². The maximum absolute atomic E-state index is 12.4. The third kappa shape index (κ3) is 9.64. The molecule has 0 radical (unpaired) electrons. The zero-order chi connectivity index (χ0) is 32.4. The predicted octanol–water partition coefficient (Wildman–Crippen LogP) is 7.19. The van der Waals surface area contributed by atoms with E-state index < -0.39 is 11.8 Å². The molecule has 0 aromatic heterocycles. The summed E-state index contributed by atoms with van der Waals surface area (Å²) in [6.45, 7) is 6.70. The molecular formula is C36H41N3O7. The van der Waals surface area contributed by atoms with Gasteiger partial charge < -0.3 is 39.6 Å². The highest BCUT2D eigenvalue weighted by atomic mass is 16.7. The molecule has 1 saturated heterocycles. The molecule has 5 rings (SSSR count). The average molecular weight is 628 g/mol. The summed E-state index contributed by atoms with van der Waals surface area (Å²) in [7, 11) is 0. The van der Waals surface area contributed by atoms with Crippen molar-refractivity contribution in [3.63, 3.8) is 0 Å². The van der Waals surface area contributed by atoms with E-state index in [1.165, 1.54) is 12.1 Å². The van der Waals surface area contributed by atoms with Gasteiger partial charge in [0.25, 0.3) is 0 Å². The minimum atomic E-state index is -0.639. The summed E-state index contributed by atoms with van der Waals surface area (Å²) in [5.41, 5.74) is 3.83. The largest absolute Gasteiger partial charge is 0.508 e. The van der Waals surface area contributed by atoms with Crippen molar-refractivity contribution in [2.24, 2.45) is 0 Å². The Labute approximate surface area is 270 Å². The Hall–Kier alpha value is -4.72. The standard InChI is InChI=1S/C36H41N3O7/c1-36(2)44-25-28-22-27(16-17-32(28)46-36)33-24-39(35(42)45-33)18-6-3-4-7-19-43-20-8-5-11-26-12-9-13-29(21-26)37-34(41)38-30-14-10-15-31(40)23-30/h9-10,12-17,21-23,33,40H,3-4,6-8,18-20,24-25H2,1-2H3,(H2,37,38,41). The molecule has 1 unspecified atom stereocenters. The molecule has 2 aliphatic rings. The van der Waals surface area contributed by atoms with Gasteiger partial charge >= 0.3 is 12.1 Å². The smallest absolute Gasteiger partial charge is 0.410 e. The second-order valence-corrected chi connectivity index (χ2v) is 11.8. The van der Waals surface area contributed by atoms with E-state index in [-0.39, 0.29) is 17.9 Å². The highest BCUT2D eigenvalue weighted by Gasteiger charge is 2.33. The van der Waals surface area contributed by atoms with Crippen LogP contribution in [0.4, 0.5) is 21.0 Å². The molecule has 0 spiro atoms. The van der Waals surface area contributed by atoms with Crippen molar-refractivity contribution in [2.75, 3.05) is 36.9 Å². The quantitative estimate of drug-likeness (QED) is 0.144. The fraction of sp³-hybridized carbons (Fsp3) is 0.389. The lowest BCUT2D eigenvalue weighted by atomic mass is 10.0. The molecule has 0 saturated carbocycles. The van der Waals surface area contributed by atoms with Crippen LogP contribution in [-0.4, -0.2) is 54.2 Å². The minimum absolute atomic E-state index is 0.0789. The molecule has 10 nitrogen and oxygen atoms in total. The van der Waals surface area contributed by atoms with Gasteiger partial charge in [-0.3, -0.25) is 0 Å². The Morgan fingerprint density at radius 1 is 1.00 bits per heavy atom. The topological polar surface area (TPSA) is 119 Å². The molecule has 0 aliphatic carbocycles. The molecule has 2 heterocycles. The number of urea groups is 1. The first kappa shape index (κ1) is 32.7. The van der Waals surface area contributed by atoms with Crippen molar-refractivity contribution >= 4 is 23.5 Å². The summed E-state index contributed by atoms with van der Waals surface area (Å²) in [6, 6.07) is 19.2. The Morgan fingerprint density at radius 3 is 2.61 bits per heavy atom. The number of aromatic hydroxyl groups is 1. The van der Waals surface area contributed by atoms with E-state index in [0.29, 0.717) is 50.7 Å². The number of hydrogen-bond acceptors (Lipinski definition) is 7. The summed E-state index contributed by atoms with van der Waals surface area (Å²) < 4.78 is 23.0. The molecular weight excluding hydrogens is 586 g/mol. The zero-order valence-corrected chi connectivity index (χ0v) is 26.3. The fourth-order valence-electron chi connectivity index (χ4n) is 5.22. The molecule has 3 aromatic rings. The Kier molecular flexibility index (Phi) is 11.0. The van der Waals surface area contributed by atoms with Crippen LogP contribution in [0.25, 0.3) is 0 Å². The van der Waals surface area contributed by atoms with Crippen LogP contribution in [0.3, 0.4) is 0 Å². The number of hydrogen-bond donors (Lipinski definition) is 3. The first-order chi connectivity index (χ1) is 22.2. The number of anilines is 2. The third-order valence-electron chi connectivity index (χ3n) is 7.57. The van der Waals surface area contributed by atoms with Crippen molar-refractivity contribution in [1.29, 1.82) is 0 Å². The first-order valence-corrected chi connectivity index (χ1v) is 15.7. The van der Waals surface area contributed by atoms with Crippen LogP contribution in [0.1, 0.15) is 68.7 Å². The highest BCUT2D eigenvalue weighted by Crippen LogP contribution is 2.35. The number of nitrogens with one attached hydrogen (secondary N) is 2. The van der Waals surface area contributed by atoms with E-state index in [0.717, 1.165) is 48.1 Å². The Bertz CT molecular complexity index is 1580. The van der Waals surface area contributed by atoms with Gasteiger partial charge in [0.2, 0.25) is 5.79 Å². The van der Waals surface area contributed by atoms with Gasteiger partial charge in [0, 0.05) is 62.0 Å². The van der Waals surface area contributed by atoms with Gasteiger partial charge in [-0.2, -0.15) is 0 Å². The van der Waals surface area contributed by atoms with Gasteiger partial charge in [-0.25, -0.2) is 9.59 Å². The molecule has 1 atom stereocenters. The van der Waals surface area contributed by atoms with E-state index in [2.05, 4.69) is 22.5 Å². The van der Waals surface area contributed by atoms with Gasteiger partial charge in [-0.05, 0) is 60.9 Å². The van der Waals surface area contributed by atoms with E-state index in [9.17, 15) is 14.7 Å². The maximum atomic E-state index is 12.4. The van der Waals surface area contributed by atoms with E-state index in [1.807, 2.05) is 44.2 Å². The second kappa shape index (κ2) is 15.5. The number of benzene rings is 3. The molecule has 2 aliphatic heterocycles. The van der Waals surface area contributed by atoms with Crippen molar-refractivity contribution < 1.29 is 33.6 Å². The van der Waals surface area contributed by atoms with Gasteiger partial charge in [0.15, 0.2) is 0 Å². The molecule has 0 bridgehead atoms. The van der Waals surface area contributed by atoms with E-state index in [1.54, 1.807) is 29.2 Å². The normalized spacial score (nSPS) is 16.4. The number of rotatable bonds is 12. The summed E-state index contributed by atoms with van der Waals surface area (Å²) in [6.07, 6.45) is 3.97. The molecule has 10 heteroatoms. The number of carbonyl (C=O) groups excluding carboxylic acids is 2. The van der Waals surface area contributed by atoms with Gasteiger partial charge in [0.1, 0.15) is 17.6 Å². The average Bonchev–Trinajstić information content (AvgIpc) is 3.39. The van der Waals surface area contributed by atoms with Crippen molar-refractivity contribution in [3.05, 3.63) is 83.4 Å². The second-order valence-electron chi connectivity index (χ2n) is 11.8. The van der Waals surface area contributed by atoms with Crippen molar-refractivity contribution in [2.45, 2.75) is 64.4 Å². The molecule has 3 aromatic carbocycles. The van der Waals surface area contributed by atoms with Crippen LogP contribution in [0, 0.1) is 11.8 Å². The number of phenols is 1. The lowest BCUT2D eigenvalue weighted by Gasteiger charge is -2.32. The number of unbranched alkanes of at least 4 members (excludes halogenated alkanes) is 3. The minimum Gasteiger partial charge on any atom is -0.508 e. The molecule has 3 amide bonds. The molecule has 242 valence electrons. The van der Waals surface area contributed by atoms with Crippen molar-refractivity contribution in [3.8, 4) is 23.3 Å². The van der Waals surface area contributed by atoms with Crippen LogP contribution in [0.5, 0.6) is 11.5 Å². The maximum Gasteiger partial charge on any atom is 0.410 e. The lowest BCUT2D eigenvalue weighted by Crippen LogP contribution is -2.35. The number of amides is 3. The Morgan fingerprint density at radius 2 is 1.78 bits per heavy atom. The molecule has 3 N–H and O–H groups in total. The first-order valence-electron chi connectivity index (χ1n) is 15.7. The number of carbonyl (C=O) groups is 2. The number of ether oxygens (including phenoxy) is 4. The number of fused-ring (bicyclic) bond motifs is 1. The summed E-state index contributed by atoms with van der Waals surface area (Å²) in [5.74, 6) is 6.47. The monoisotopic (exact) mass is 627 g/mol. The summed E-state index contributed by atoms with van der Waals surface area (Å²) in [4.78, 5) is 26.5. The molecule has 1 fully saturated rings. The van der Waals surface area contributed by atoms with Crippen LogP contribution in [0.2, 0.25) is 0 Å². The third-order valence-corrected chi connectivity index (χ3v) is 7.57. The zero-order valence-electron chi connectivity index (χ0n) is 26.3. The van der Waals surface area contributed by atoms with Crippen LogP contribution >= 0.6 is 0 Å². The number of cyclic esters (lactones) is 1. The van der Waals surface area contributed by atoms with Gasteiger partial charge in [-0.1, -0.05) is 42.9 Å². The number of phenolic OH excluding ortho intramolecular Hbond substituents is 1. The van der Waals surface area contributed by atoms with E-state index >= 15 is 0 Å². The van der Waals surface area contributed by atoms with Gasteiger partial charge in [0.05, 0.1) is 19.8 Å².